The minimum Gasteiger partial charge on any atom is -0.492 e. The number of hydrogen-bond donors (Lipinski definition) is 0. The minimum absolute atomic E-state index is 0.336. The molecule has 0 amide bonds. The van der Waals surface area contributed by atoms with Crippen molar-refractivity contribution in [3.8, 4) is 5.75 Å². The molecule has 13 heavy (non-hydrogen) atoms. The van der Waals surface area contributed by atoms with E-state index in [1.165, 1.54) is 0 Å². The Bertz CT molecular complexity index is 238. The van der Waals surface area contributed by atoms with E-state index in [9.17, 15) is 0 Å². The highest BCUT2D eigenvalue weighted by Gasteiger charge is 2.09. The Hall–Kier alpha value is -1.05. The molecule has 2 nitrogen and oxygen atoms in total. The van der Waals surface area contributed by atoms with E-state index in [-0.39, 0.29) is 0 Å². The van der Waals surface area contributed by atoms with Gasteiger partial charge in [-0.05, 0) is 24.0 Å². The second-order valence-electron chi connectivity index (χ2n) is 4.35. The molecule has 0 spiro atoms. The Morgan fingerprint density at radius 1 is 1.38 bits per heavy atom. The number of pyridine rings is 1. The van der Waals surface area contributed by atoms with Crippen molar-refractivity contribution in [3.63, 3.8) is 0 Å². The van der Waals surface area contributed by atoms with Crippen LogP contribution in [0.4, 0.5) is 0 Å². The van der Waals surface area contributed by atoms with Crippen molar-refractivity contribution in [2.75, 3.05) is 6.61 Å². The molecule has 0 aliphatic carbocycles. The third-order valence-corrected chi connectivity index (χ3v) is 1.76. The second kappa shape index (κ2) is 4.26. The van der Waals surface area contributed by atoms with Crippen LogP contribution in [-0.2, 0) is 0 Å². The van der Waals surface area contributed by atoms with Gasteiger partial charge in [-0.1, -0.05) is 20.8 Å². The summed E-state index contributed by atoms with van der Waals surface area (Å²) in [6, 6.07) is 3.81. The average Bonchev–Trinajstić information content (AvgIpc) is 2.04. The standard InChI is InChI=1S/C11H17NO/c1-11(2,3)6-8-13-10-5-4-7-12-9-10/h4-5,7,9H,6,8H2,1-3H3. The van der Waals surface area contributed by atoms with Gasteiger partial charge >= 0.3 is 0 Å². The van der Waals surface area contributed by atoms with Crippen LogP contribution in [0, 0.1) is 5.41 Å². The topological polar surface area (TPSA) is 22.1 Å². The van der Waals surface area contributed by atoms with Crippen molar-refractivity contribution in [3.05, 3.63) is 24.5 Å². The van der Waals surface area contributed by atoms with E-state index < -0.39 is 0 Å². The van der Waals surface area contributed by atoms with E-state index in [1.54, 1.807) is 12.4 Å². The zero-order chi connectivity index (χ0) is 9.73. The summed E-state index contributed by atoms with van der Waals surface area (Å²) in [5.41, 5.74) is 0.336. The Morgan fingerprint density at radius 2 is 2.15 bits per heavy atom. The molecule has 0 radical (unpaired) electrons. The molecule has 0 atom stereocenters. The molecule has 72 valence electrons. The molecule has 0 bridgehead atoms. The average molecular weight is 179 g/mol. The van der Waals surface area contributed by atoms with Crippen LogP contribution in [0.5, 0.6) is 5.75 Å². The van der Waals surface area contributed by atoms with Crippen LogP contribution in [0.25, 0.3) is 0 Å². The largest absolute Gasteiger partial charge is 0.492 e. The molecular formula is C11H17NO. The number of nitrogens with zero attached hydrogens (tertiary/aromatic N) is 1. The van der Waals surface area contributed by atoms with Crippen molar-refractivity contribution >= 4 is 0 Å². The van der Waals surface area contributed by atoms with E-state index in [2.05, 4.69) is 25.8 Å². The molecule has 0 aliphatic heterocycles. The van der Waals surface area contributed by atoms with Crippen molar-refractivity contribution in [1.82, 2.24) is 4.98 Å². The summed E-state index contributed by atoms with van der Waals surface area (Å²) in [5, 5.41) is 0. The summed E-state index contributed by atoms with van der Waals surface area (Å²) in [6.07, 6.45) is 4.54. The van der Waals surface area contributed by atoms with Crippen molar-refractivity contribution in [2.45, 2.75) is 27.2 Å². The summed E-state index contributed by atoms with van der Waals surface area (Å²) in [7, 11) is 0. The first-order valence-corrected chi connectivity index (χ1v) is 4.61. The van der Waals surface area contributed by atoms with Crippen LogP contribution in [0.15, 0.2) is 24.5 Å². The molecule has 0 fully saturated rings. The van der Waals surface area contributed by atoms with Gasteiger partial charge in [-0.15, -0.1) is 0 Å². The highest BCUT2D eigenvalue weighted by molar-refractivity contribution is 5.15. The van der Waals surface area contributed by atoms with Crippen molar-refractivity contribution in [1.29, 1.82) is 0 Å². The maximum atomic E-state index is 5.52. The fraction of sp³-hybridized carbons (Fsp3) is 0.545. The van der Waals surface area contributed by atoms with E-state index in [4.69, 9.17) is 4.74 Å². The zero-order valence-corrected chi connectivity index (χ0v) is 8.58. The van der Waals surface area contributed by atoms with Crippen LogP contribution >= 0.6 is 0 Å². The predicted molar refractivity (Wildman–Crippen MR) is 53.8 cm³/mol. The van der Waals surface area contributed by atoms with Gasteiger partial charge in [0.25, 0.3) is 0 Å². The Labute approximate surface area is 80.0 Å². The number of ether oxygens (including phenoxy) is 1. The van der Waals surface area contributed by atoms with Gasteiger partial charge in [0, 0.05) is 6.20 Å². The molecule has 2 heteroatoms. The van der Waals surface area contributed by atoms with Crippen molar-refractivity contribution in [2.24, 2.45) is 5.41 Å². The summed E-state index contributed by atoms with van der Waals surface area (Å²) in [5.74, 6) is 0.853. The van der Waals surface area contributed by atoms with Crippen LogP contribution in [0.1, 0.15) is 27.2 Å². The number of aromatic nitrogens is 1. The fourth-order valence-electron chi connectivity index (χ4n) is 0.908. The molecule has 0 aromatic carbocycles. The van der Waals surface area contributed by atoms with E-state index in [0.29, 0.717) is 5.41 Å². The third-order valence-electron chi connectivity index (χ3n) is 1.76. The smallest absolute Gasteiger partial charge is 0.137 e. The highest BCUT2D eigenvalue weighted by Crippen LogP contribution is 2.18. The maximum absolute atomic E-state index is 5.52. The quantitative estimate of drug-likeness (QED) is 0.711. The molecule has 1 heterocycles. The lowest BCUT2D eigenvalue weighted by Crippen LogP contribution is -2.11. The molecule has 0 N–H and O–H groups in total. The molecule has 0 unspecified atom stereocenters. The van der Waals surface area contributed by atoms with Crippen LogP contribution < -0.4 is 4.74 Å². The normalized spacial score (nSPS) is 11.3. The van der Waals surface area contributed by atoms with Gasteiger partial charge in [0.15, 0.2) is 0 Å². The lowest BCUT2D eigenvalue weighted by atomic mass is 9.93. The number of rotatable bonds is 3. The summed E-state index contributed by atoms with van der Waals surface area (Å²) >= 11 is 0. The lowest BCUT2D eigenvalue weighted by molar-refractivity contribution is 0.242. The van der Waals surface area contributed by atoms with Gasteiger partial charge in [0.2, 0.25) is 0 Å². The van der Waals surface area contributed by atoms with Gasteiger partial charge in [0.05, 0.1) is 12.8 Å². The minimum atomic E-state index is 0.336. The van der Waals surface area contributed by atoms with Crippen LogP contribution in [0.3, 0.4) is 0 Å². The summed E-state index contributed by atoms with van der Waals surface area (Å²) in [6.45, 7) is 7.38. The monoisotopic (exact) mass is 179 g/mol. The van der Waals surface area contributed by atoms with E-state index in [0.717, 1.165) is 18.8 Å². The summed E-state index contributed by atoms with van der Waals surface area (Å²) < 4.78 is 5.52. The van der Waals surface area contributed by atoms with Gasteiger partial charge < -0.3 is 4.74 Å². The molecule has 0 saturated heterocycles. The first-order valence-electron chi connectivity index (χ1n) is 4.61. The first kappa shape index (κ1) is 10.0. The molecule has 1 aromatic heterocycles. The van der Waals surface area contributed by atoms with Crippen LogP contribution in [-0.4, -0.2) is 11.6 Å². The van der Waals surface area contributed by atoms with Gasteiger partial charge in [-0.3, -0.25) is 4.98 Å². The first-order chi connectivity index (χ1) is 6.08. The highest BCUT2D eigenvalue weighted by atomic mass is 16.5. The van der Waals surface area contributed by atoms with Gasteiger partial charge in [0.1, 0.15) is 5.75 Å². The van der Waals surface area contributed by atoms with E-state index in [1.807, 2.05) is 12.1 Å². The second-order valence-corrected chi connectivity index (χ2v) is 4.35. The van der Waals surface area contributed by atoms with Gasteiger partial charge in [-0.2, -0.15) is 0 Å². The Morgan fingerprint density at radius 3 is 2.69 bits per heavy atom. The van der Waals surface area contributed by atoms with E-state index >= 15 is 0 Å². The molecule has 1 rings (SSSR count). The van der Waals surface area contributed by atoms with Gasteiger partial charge in [-0.25, -0.2) is 0 Å². The fourth-order valence-corrected chi connectivity index (χ4v) is 0.908. The predicted octanol–water partition coefficient (Wildman–Crippen LogP) is 2.90. The maximum Gasteiger partial charge on any atom is 0.137 e. The molecule has 0 aliphatic rings. The third kappa shape index (κ3) is 4.51. The molecule has 1 aromatic rings. The van der Waals surface area contributed by atoms with Crippen LogP contribution in [0.2, 0.25) is 0 Å². The number of hydrogen-bond acceptors (Lipinski definition) is 2. The lowest BCUT2D eigenvalue weighted by Gasteiger charge is -2.17. The molecular weight excluding hydrogens is 162 g/mol. The Balaban J connectivity index is 2.29. The SMILES string of the molecule is CC(C)(C)CCOc1cccnc1. The van der Waals surface area contributed by atoms with Crippen molar-refractivity contribution < 1.29 is 4.74 Å². The zero-order valence-electron chi connectivity index (χ0n) is 8.58. The molecule has 0 saturated carbocycles. The Kier molecular flexibility index (Phi) is 3.29. The summed E-state index contributed by atoms with van der Waals surface area (Å²) in [4.78, 5) is 3.97.